The van der Waals surface area contributed by atoms with Crippen LogP contribution >= 0.6 is 0 Å². The van der Waals surface area contributed by atoms with E-state index in [1.54, 1.807) is 0 Å². The Balaban J connectivity index is 1.07. The summed E-state index contributed by atoms with van der Waals surface area (Å²) in [7, 11) is 0. The molecular formula is C52H33NO. The highest BCUT2D eigenvalue weighted by Crippen LogP contribution is 2.42. The highest BCUT2D eigenvalue weighted by atomic mass is 16.3. The average Bonchev–Trinajstić information content (AvgIpc) is 3.62. The Hall–Kier alpha value is -7.16. The van der Waals surface area contributed by atoms with Crippen LogP contribution in [-0.2, 0) is 0 Å². The largest absolute Gasteiger partial charge is 0.456 e. The second-order valence-corrected chi connectivity index (χ2v) is 14.1. The SMILES string of the molecule is c1ccc2c(-c3ccc(N(c4ccc(-c5cccc6ccc7ccc8ccccc8c7c56)cc4)c4ccc5oc6ccccc6c5c4)cc3)cccc2c1. The van der Waals surface area contributed by atoms with Gasteiger partial charge in [0.05, 0.1) is 0 Å². The van der Waals surface area contributed by atoms with Gasteiger partial charge in [0.25, 0.3) is 0 Å². The smallest absolute Gasteiger partial charge is 0.135 e. The Labute approximate surface area is 312 Å². The predicted octanol–water partition coefficient (Wildman–Crippen LogP) is 15.0. The van der Waals surface area contributed by atoms with Gasteiger partial charge in [-0.3, -0.25) is 0 Å². The highest BCUT2D eigenvalue weighted by molar-refractivity contribution is 6.24. The minimum absolute atomic E-state index is 0.886. The summed E-state index contributed by atoms with van der Waals surface area (Å²) in [5, 5.41) is 12.4. The molecule has 0 fully saturated rings. The molecule has 0 radical (unpaired) electrons. The number of anilines is 3. The van der Waals surface area contributed by atoms with Crippen LogP contribution in [0, 0.1) is 0 Å². The number of nitrogens with zero attached hydrogens (tertiary/aromatic N) is 1. The Morgan fingerprint density at radius 1 is 0.296 bits per heavy atom. The van der Waals surface area contributed by atoms with Gasteiger partial charge in [0.15, 0.2) is 0 Å². The molecule has 1 aromatic heterocycles. The van der Waals surface area contributed by atoms with Crippen LogP contribution in [0.3, 0.4) is 0 Å². The van der Waals surface area contributed by atoms with E-state index in [2.05, 4.69) is 193 Å². The molecule has 0 bridgehead atoms. The van der Waals surface area contributed by atoms with Gasteiger partial charge in [-0.05, 0) is 114 Å². The van der Waals surface area contributed by atoms with Crippen LogP contribution in [0.2, 0.25) is 0 Å². The summed E-state index contributed by atoms with van der Waals surface area (Å²) in [6, 6.07) is 72.4. The first kappa shape index (κ1) is 30.5. The monoisotopic (exact) mass is 687 g/mol. The summed E-state index contributed by atoms with van der Waals surface area (Å²) in [6.45, 7) is 0. The number of hydrogen-bond donors (Lipinski definition) is 0. The first-order valence-corrected chi connectivity index (χ1v) is 18.5. The van der Waals surface area contributed by atoms with E-state index in [9.17, 15) is 0 Å². The van der Waals surface area contributed by atoms with E-state index in [-0.39, 0.29) is 0 Å². The van der Waals surface area contributed by atoms with Crippen molar-refractivity contribution in [2.45, 2.75) is 0 Å². The maximum atomic E-state index is 6.24. The molecule has 0 atom stereocenters. The molecule has 1 heterocycles. The lowest BCUT2D eigenvalue weighted by Gasteiger charge is -2.26. The topological polar surface area (TPSA) is 16.4 Å². The molecule has 0 aliphatic heterocycles. The van der Waals surface area contributed by atoms with Gasteiger partial charge in [-0.25, -0.2) is 0 Å². The molecule has 54 heavy (non-hydrogen) atoms. The molecule has 2 nitrogen and oxygen atoms in total. The van der Waals surface area contributed by atoms with Crippen molar-refractivity contribution in [1.82, 2.24) is 0 Å². The molecule has 0 aliphatic rings. The Bertz CT molecular complexity index is 3200. The fraction of sp³-hybridized carbons (Fsp3) is 0. The van der Waals surface area contributed by atoms with Crippen LogP contribution in [0.1, 0.15) is 0 Å². The molecule has 0 saturated carbocycles. The third-order valence-electron chi connectivity index (χ3n) is 11.0. The lowest BCUT2D eigenvalue weighted by atomic mass is 9.91. The van der Waals surface area contributed by atoms with Gasteiger partial charge >= 0.3 is 0 Å². The summed E-state index contributed by atoms with van der Waals surface area (Å²) in [4.78, 5) is 2.35. The molecule has 0 aliphatic carbocycles. The van der Waals surface area contributed by atoms with Crippen molar-refractivity contribution in [2.75, 3.05) is 4.90 Å². The number of para-hydroxylation sites is 1. The van der Waals surface area contributed by atoms with Crippen molar-refractivity contribution >= 4 is 82.1 Å². The number of rotatable bonds is 5. The van der Waals surface area contributed by atoms with E-state index < -0.39 is 0 Å². The fourth-order valence-corrected chi connectivity index (χ4v) is 8.47. The fourth-order valence-electron chi connectivity index (χ4n) is 8.47. The van der Waals surface area contributed by atoms with E-state index >= 15 is 0 Å². The van der Waals surface area contributed by atoms with Gasteiger partial charge in [-0.1, -0.05) is 152 Å². The summed E-state index contributed by atoms with van der Waals surface area (Å²) in [5.41, 5.74) is 9.87. The molecule has 0 unspecified atom stereocenters. The van der Waals surface area contributed by atoms with Crippen LogP contribution in [0.5, 0.6) is 0 Å². The third kappa shape index (κ3) is 4.88. The minimum atomic E-state index is 0.886. The van der Waals surface area contributed by atoms with E-state index in [1.165, 1.54) is 65.3 Å². The normalized spacial score (nSPS) is 11.7. The molecule has 0 amide bonds. The molecule has 0 N–H and O–H groups in total. The van der Waals surface area contributed by atoms with Gasteiger partial charge in [0.2, 0.25) is 0 Å². The first-order valence-electron chi connectivity index (χ1n) is 18.5. The van der Waals surface area contributed by atoms with Gasteiger partial charge in [-0.15, -0.1) is 0 Å². The summed E-state index contributed by atoms with van der Waals surface area (Å²) >= 11 is 0. The average molecular weight is 688 g/mol. The highest BCUT2D eigenvalue weighted by Gasteiger charge is 2.17. The summed E-state index contributed by atoms with van der Waals surface area (Å²) in [5.74, 6) is 0. The van der Waals surface area contributed by atoms with Gasteiger partial charge < -0.3 is 9.32 Å². The van der Waals surface area contributed by atoms with E-state index in [4.69, 9.17) is 4.42 Å². The van der Waals surface area contributed by atoms with Gasteiger partial charge in [0, 0.05) is 27.8 Å². The van der Waals surface area contributed by atoms with Crippen LogP contribution in [0.15, 0.2) is 205 Å². The zero-order chi connectivity index (χ0) is 35.6. The van der Waals surface area contributed by atoms with Crippen LogP contribution in [-0.4, -0.2) is 0 Å². The van der Waals surface area contributed by atoms with Crippen molar-refractivity contribution in [3.05, 3.63) is 200 Å². The second-order valence-electron chi connectivity index (χ2n) is 14.1. The molecule has 252 valence electrons. The van der Waals surface area contributed by atoms with Crippen LogP contribution in [0.25, 0.3) is 87.3 Å². The van der Waals surface area contributed by atoms with Crippen LogP contribution in [0.4, 0.5) is 17.1 Å². The number of fused-ring (bicyclic) bond motifs is 9. The lowest BCUT2D eigenvalue weighted by molar-refractivity contribution is 0.669. The zero-order valence-electron chi connectivity index (χ0n) is 29.4. The quantitative estimate of drug-likeness (QED) is 0.168. The van der Waals surface area contributed by atoms with Crippen molar-refractivity contribution in [3.63, 3.8) is 0 Å². The van der Waals surface area contributed by atoms with E-state index in [1.807, 2.05) is 12.1 Å². The molecule has 11 rings (SSSR count). The second kappa shape index (κ2) is 12.2. The Kier molecular flexibility index (Phi) is 6.90. The summed E-state index contributed by atoms with van der Waals surface area (Å²) in [6.07, 6.45) is 0. The maximum Gasteiger partial charge on any atom is 0.135 e. The standard InChI is InChI=1S/C52H33NO/c1-3-13-43-34(9-1)11-7-16-44(43)36-23-27-40(28-24-36)53(42-31-32-50-48(33-42)47-15-5-6-18-49(47)54-50)41-29-25-37(26-30-41)46-17-8-12-38-21-22-39-20-19-35-10-2-4-14-45(35)52(39)51(38)46/h1-33H. The van der Waals surface area contributed by atoms with E-state index in [0.29, 0.717) is 0 Å². The minimum Gasteiger partial charge on any atom is -0.456 e. The van der Waals surface area contributed by atoms with Gasteiger partial charge in [0.1, 0.15) is 11.2 Å². The predicted molar refractivity (Wildman–Crippen MR) is 229 cm³/mol. The number of benzene rings is 10. The van der Waals surface area contributed by atoms with E-state index in [0.717, 1.165) is 39.0 Å². The Morgan fingerprint density at radius 3 is 1.54 bits per heavy atom. The van der Waals surface area contributed by atoms with Crippen LogP contribution < -0.4 is 4.90 Å². The third-order valence-corrected chi connectivity index (χ3v) is 11.0. The number of hydrogen-bond acceptors (Lipinski definition) is 2. The maximum absolute atomic E-state index is 6.24. The van der Waals surface area contributed by atoms with Crippen molar-refractivity contribution < 1.29 is 4.42 Å². The molecule has 11 aromatic rings. The lowest BCUT2D eigenvalue weighted by Crippen LogP contribution is -2.09. The van der Waals surface area contributed by atoms with Crippen molar-refractivity contribution in [3.8, 4) is 22.3 Å². The Morgan fingerprint density at radius 2 is 0.796 bits per heavy atom. The first-order chi connectivity index (χ1) is 26.8. The zero-order valence-corrected chi connectivity index (χ0v) is 29.4. The molecule has 0 spiro atoms. The molecule has 0 saturated heterocycles. The van der Waals surface area contributed by atoms with Gasteiger partial charge in [-0.2, -0.15) is 0 Å². The number of furan rings is 1. The summed E-state index contributed by atoms with van der Waals surface area (Å²) < 4.78 is 6.24. The molecule has 2 heteroatoms. The molecule has 10 aromatic carbocycles. The van der Waals surface area contributed by atoms with Crippen molar-refractivity contribution in [2.24, 2.45) is 0 Å². The molecular weight excluding hydrogens is 655 g/mol. The van der Waals surface area contributed by atoms with Crippen molar-refractivity contribution in [1.29, 1.82) is 0 Å².